The number of carbonyl (C=O) groups excluding carboxylic acids is 3. The van der Waals surface area contributed by atoms with E-state index >= 15 is 0 Å². The molecule has 0 aliphatic carbocycles. The average molecular weight is 391 g/mol. The fraction of sp³-hybridized carbons (Fsp3) is 0.211. The number of fused-ring (bicyclic) bond motifs is 1. The molecule has 2 amide bonds. The fourth-order valence-corrected chi connectivity index (χ4v) is 3.18. The average Bonchev–Trinajstić information content (AvgIpc) is 3.06. The number of halogens is 2. The van der Waals surface area contributed by atoms with Crippen molar-refractivity contribution in [2.24, 2.45) is 0 Å². The van der Waals surface area contributed by atoms with Gasteiger partial charge in [-0.15, -0.1) is 0 Å². The predicted molar refractivity (Wildman–Crippen MR) is 101 cm³/mol. The second-order valence-corrected chi connectivity index (χ2v) is 6.76. The van der Waals surface area contributed by atoms with E-state index in [1.165, 1.54) is 6.07 Å². The van der Waals surface area contributed by atoms with Crippen molar-refractivity contribution < 1.29 is 14.4 Å². The molecule has 0 unspecified atom stereocenters. The molecule has 1 heterocycles. The van der Waals surface area contributed by atoms with Crippen molar-refractivity contribution in [3.05, 3.63) is 63.1 Å². The molecule has 26 heavy (non-hydrogen) atoms. The van der Waals surface area contributed by atoms with E-state index in [2.05, 4.69) is 5.32 Å². The Hall–Kier alpha value is -2.37. The molecular formula is C19H16Cl2N2O3. The summed E-state index contributed by atoms with van der Waals surface area (Å²) >= 11 is 11.7. The Balaban J connectivity index is 1.57. The summed E-state index contributed by atoms with van der Waals surface area (Å²) in [4.78, 5) is 37.0. The molecule has 7 heteroatoms. The van der Waals surface area contributed by atoms with Crippen LogP contribution in [0.3, 0.4) is 0 Å². The van der Waals surface area contributed by atoms with Crippen molar-refractivity contribution in [1.82, 2.24) is 5.32 Å². The van der Waals surface area contributed by atoms with E-state index in [1.54, 1.807) is 29.2 Å². The Morgan fingerprint density at radius 2 is 1.85 bits per heavy atom. The molecule has 1 N–H and O–H groups in total. The molecule has 5 nitrogen and oxygen atoms in total. The lowest BCUT2D eigenvalue weighted by molar-refractivity contribution is -0.107. The quantitative estimate of drug-likeness (QED) is 0.605. The highest BCUT2D eigenvalue weighted by atomic mass is 35.5. The Bertz CT molecular complexity index is 883. The van der Waals surface area contributed by atoms with Gasteiger partial charge in [0.1, 0.15) is 0 Å². The molecule has 0 atom stereocenters. The molecular weight excluding hydrogens is 375 g/mol. The van der Waals surface area contributed by atoms with E-state index in [-0.39, 0.29) is 24.7 Å². The summed E-state index contributed by atoms with van der Waals surface area (Å²) in [5.74, 6) is -0.376. The molecule has 3 rings (SSSR count). The first-order valence-electron chi connectivity index (χ1n) is 8.11. The summed E-state index contributed by atoms with van der Waals surface area (Å²) in [5.41, 5.74) is 2.81. The number of hydrogen-bond acceptors (Lipinski definition) is 3. The van der Waals surface area contributed by atoms with Gasteiger partial charge in [0.05, 0.1) is 10.0 Å². The van der Waals surface area contributed by atoms with Crippen LogP contribution in [0.1, 0.15) is 32.7 Å². The van der Waals surface area contributed by atoms with Crippen molar-refractivity contribution in [1.29, 1.82) is 0 Å². The maximum atomic E-state index is 12.3. The lowest BCUT2D eigenvalue weighted by Gasteiger charge is -2.10. The van der Waals surface area contributed by atoms with Crippen LogP contribution in [0, 0.1) is 0 Å². The molecule has 0 fully saturated rings. The molecule has 1 aliphatic rings. The fourth-order valence-electron chi connectivity index (χ4n) is 2.88. The van der Waals surface area contributed by atoms with Crippen LogP contribution in [-0.4, -0.2) is 31.2 Å². The zero-order chi connectivity index (χ0) is 18.7. The number of Topliss-reactive ketones (excluding diaryl/α,β-unsaturated/α-hetero) is 1. The van der Waals surface area contributed by atoms with Crippen LogP contribution in [0.15, 0.2) is 36.4 Å². The molecule has 0 radical (unpaired) electrons. The highest BCUT2D eigenvalue weighted by Gasteiger charge is 2.20. The van der Waals surface area contributed by atoms with Crippen molar-refractivity contribution >= 4 is 47.0 Å². The van der Waals surface area contributed by atoms with E-state index in [4.69, 9.17) is 23.2 Å². The summed E-state index contributed by atoms with van der Waals surface area (Å²) < 4.78 is 0. The maximum absolute atomic E-state index is 12.3. The first-order chi connectivity index (χ1) is 12.5. The zero-order valence-electron chi connectivity index (χ0n) is 13.8. The lowest BCUT2D eigenvalue weighted by atomic mass is 10.0. The molecule has 0 aromatic heterocycles. The van der Waals surface area contributed by atoms with Gasteiger partial charge in [-0.25, -0.2) is 0 Å². The molecule has 0 bridgehead atoms. The maximum Gasteiger partial charge on any atom is 0.251 e. The highest BCUT2D eigenvalue weighted by Crippen LogP contribution is 2.28. The number of carbonyl (C=O) groups is 3. The van der Waals surface area contributed by atoms with Crippen LogP contribution in [-0.2, 0) is 11.2 Å². The molecule has 0 spiro atoms. The minimum Gasteiger partial charge on any atom is -0.352 e. The molecule has 134 valence electrons. The van der Waals surface area contributed by atoms with Crippen LogP contribution < -0.4 is 10.2 Å². The van der Waals surface area contributed by atoms with E-state index in [9.17, 15) is 14.4 Å². The smallest absolute Gasteiger partial charge is 0.251 e. The van der Waals surface area contributed by atoms with E-state index in [0.717, 1.165) is 24.1 Å². The van der Waals surface area contributed by atoms with Gasteiger partial charge in [0, 0.05) is 36.3 Å². The minimum absolute atomic E-state index is 0.0632. The number of hydrogen-bond donors (Lipinski definition) is 1. The van der Waals surface area contributed by atoms with Crippen LogP contribution in [0.2, 0.25) is 10.0 Å². The van der Waals surface area contributed by atoms with Gasteiger partial charge in [-0.3, -0.25) is 14.4 Å². The normalized spacial score (nSPS) is 12.6. The zero-order valence-corrected chi connectivity index (χ0v) is 15.3. The van der Waals surface area contributed by atoms with Gasteiger partial charge in [0.2, 0.25) is 6.41 Å². The van der Waals surface area contributed by atoms with Gasteiger partial charge in [0.25, 0.3) is 5.91 Å². The van der Waals surface area contributed by atoms with Crippen LogP contribution in [0.4, 0.5) is 5.69 Å². The third-order valence-corrected chi connectivity index (χ3v) is 5.02. The van der Waals surface area contributed by atoms with E-state index in [1.807, 2.05) is 6.07 Å². The highest BCUT2D eigenvalue weighted by molar-refractivity contribution is 6.42. The van der Waals surface area contributed by atoms with Crippen LogP contribution in [0.5, 0.6) is 0 Å². The Morgan fingerprint density at radius 3 is 2.58 bits per heavy atom. The third kappa shape index (κ3) is 3.89. The summed E-state index contributed by atoms with van der Waals surface area (Å²) in [5, 5.41) is 3.38. The van der Waals surface area contributed by atoms with Crippen molar-refractivity contribution in [3.63, 3.8) is 0 Å². The summed E-state index contributed by atoms with van der Waals surface area (Å²) in [6.45, 7) is 0.853. The van der Waals surface area contributed by atoms with Gasteiger partial charge in [0.15, 0.2) is 5.78 Å². The number of nitrogens with one attached hydrogen (secondary N) is 1. The summed E-state index contributed by atoms with van der Waals surface area (Å²) in [6.07, 6.45) is 1.72. The first-order valence-corrected chi connectivity index (χ1v) is 8.86. The van der Waals surface area contributed by atoms with Gasteiger partial charge in [-0.1, -0.05) is 23.2 Å². The second kappa shape index (κ2) is 7.89. The monoisotopic (exact) mass is 390 g/mol. The van der Waals surface area contributed by atoms with Crippen molar-refractivity contribution in [2.45, 2.75) is 12.8 Å². The van der Waals surface area contributed by atoms with Crippen LogP contribution >= 0.6 is 23.2 Å². The number of nitrogens with zero attached hydrogens (tertiary/aromatic N) is 1. The van der Waals surface area contributed by atoms with Crippen LogP contribution in [0.25, 0.3) is 0 Å². The standard InChI is InChI=1S/C19H16Cl2N2O3/c20-15-3-1-14(10-16(15)21)19(26)22-7-5-18(25)13-2-4-17-12(9-13)6-8-23(17)11-24/h1-4,9-11H,5-8H2,(H,22,26). The Labute approximate surface area is 160 Å². The molecule has 0 saturated carbocycles. The number of rotatable bonds is 6. The predicted octanol–water partition coefficient (Wildman–Crippen LogP) is 3.52. The van der Waals surface area contributed by atoms with Gasteiger partial charge in [-0.05, 0) is 48.4 Å². The Morgan fingerprint density at radius 1 is 1.08 bits per heavy atom. The third-order valence-electron chi connectivity index (χ3n) is 4.28. The van der Waals surface area contributed by atoms with E-state index in [0.29, 0.717) is 27.7 Å². The lowest BCUT2D eigenvalue weighted by Crippen LogP contribution is -2.26. The Kier molecular flexibility index (Phi) is 5.59. The number of ketones is 1. The van der Waals surface area contributed by atoms with E-state index < -0.39 is 0 Å². The van der Waals surface area contributed by atoms with Gasteiger partial charge < -0.3 is 10.2 Å². The molecule has 0 saturated heterocycles. The number of amides is 2. The van der Waals surface area contributed by atoms with Gasteiger partial charge >= 0.3 is 0 Å². The number of anilines is 1. The largest absolute Gasteiger partial charge is 0.352 e. The molecule has 2 aromatic rings. The first kappa shape index (κ1) is 18.4. The summed E-state index contributed by atoms with van der Waals surface area (Å²) in [7, 11) is 0. The molecule has 1 aliphatic heterocycles. The molecule has 2 aromatic carbocycles. The minimum atomic E-state index is -0.313. The SMILES string of the molecule is O=CN1CCc2cc(C(=O)CCNC(=O)c3ccc(Cl)c(Cl)c3)ccc21. The van der Waals surface area contributed by atoms with Crippen molar-refractivity contribution in [2.75, 3.05) is 18.0 Å². The summed E-state index contributed by atoms with van der Waals surface area (Å²) in [6, 6.07) is 9.94. The van der Waals surface area contributed by atoms with Crippen molar-refractivity contribution in [3.8, 4) is 0 Å². The number of benzene rings is 2. The second-order valence-electron chi connectivity index (χ2n) is 5.95. The topological polar surface area (TPSA) is 66.5 Å². The van der Waals surface area contributed by atoms with Gasteiger partial charge in [-0.2, -0.15) is 0 Å².